The molecule has 0 N–H and O–H groups in total. The molecular formula is C36H20N2S2. The summed E-state index contributed by atoms with van der Waals surface area (Å²) in [6.45, 7) is 0. The third-order valence-electron chi connectivity index (χ3n) is 8.62. The van der Waals surface area contributed by atoms with Crippen molar-refractivity contribution in [1.82, 2.24) is 9.13 Å². The van der Waals surface area contributed by atoms with Crippen molar-refractivity contribution in [3.05, 3.63) is 120 Å². The van der Waals surface area contributed by atoms with E-state index in [9.17, 15) is 0 Å². The Morgan fingerprint density at radius 1 is 0.400 bits per heavy atom. The van der Waals surface area contributed by atoms with Gasteiger partial charge in [-0.25, -0.2) is 0 Å². The minimum atomic E-state index is 1.25. The molecule has 4 heteroatoms. The summed E-state index contributed by atoms with van der Waals surface area (Å²) in [5, 5.41) is 12.5. The van der Waals surface area contributed by atoms with Gasteiger partial charge in [0.05, 0.1) is 33.4 Å². The molecule has 0 saturated heterocycles. The Morgan fingerprint density at radius 2 is 0.875 bits per heavy atom. The van der Waals surface area contributed by atoms with Crippen LogP contribution in [0.3, 0.4) is 0 Å². The van der Waals surface area contributed by atoms with Crippen LogP contribution in [0.15, 0.2) is 120 Å². The largest absolute Gasteiger partial charge is 0.308 e. The number of hydrogen-bond donors (Lipinski definition) is 0. The Balaban J connectivity index is 1.51. The van der Waals surface area contributed by atoms with E-state index in [2.05, 4.69) is 129 Å². The summed E-state index contributed by atoms with van der Waals surface area (Å²) in [6.07, 6.45) is 0. The highest BCUT2D eigenvalue weighted by atomic mass is 32.1. The van der Waals surface area contributed by atoms with Crippen molar-refractivity contribution in [1.29, 1.82) is 0 Å². The number of fused-ring (bicyclic) bond motifs is 2. The van der Waals surface area contributed by atoms with Crippen molar-refractivity contribution in [2.75, 3.05) is 0 Å². The van der Waals surface area contributed by atoms with Crippen LogP contribution in [0.25, 0.3) is 86.3 Å². The second-order valence-electron chi connectivity index (χ2n) is 10.6. The number of thiophene rings is 2. The Labute approximate surface area is 237 Å². The molecule has 2 aliphatic heterocycles. The molecule has 0 spiro atoms. The van der Waals surface area contributed by atoms with Crippen molar-refractivity contribution in [2.24, 2.45) is 0 Å². The van der Waals surface area contributed by atoms with E-state index in [-0.39, 0.29) is 0 Å². The van der Waals surface area contributed by atoms with Crippen molar-refractivity contribution < 1.29 is 0 Å². The lowest BCUT2D eigenvalue weighted by Gasteiger charge is -2.28. The van der Waals surface area contributed by atoms with Crippen LogP contribution in [0.2, 0.25) is 0 Å². The Morgan fingerprint density at radius 3 is 1.38 bits per heavy atom. The lowest BCUT2D eigenvalue weighted by molar-refractivity contribution is 1.16. The van der Waals surface area contributed by atoms with Gasteiger partial charge in [0.25, 0.3) is 0 Å². The molecule has 10 rings (SSSR count). The molecule has 0 aliphatic carbocycles. The van der Waals surface area contributed by atoms with Gasteiger partial charge < -0.3 is 9.13 Å². The molecule has 0 bridgehead atoms. The first-order valence-electron chi connectivity index (χ1n) is 13.5. The summed E-state index contributed by atoms with van der Waals surface area (Å²) in [5.41, 5.74) is 10.2. The highest BCUT2D eigenvalue weighted by Gasteiger charge is 2.27. The fraction of sp³-hybridized carbons (Fsp3) is 0. The van der Waals surface area contributed by atoms with Gasteiger partial charge >= 0.3 is 0 Å². The van der Waals surface area contributed by atoms with Crippen LogP contribution in [0.4, 0.5) is 0 Å². The second-order valence-corrected chi connectivity index (χ2v) is 12.4. The van der Waals surface area contributed by atoms with Crippen molar-refractivity contribution in [2.45, 2.75) is 0 Å². The maximum atomic E-state index is 2.51. The number of rotatable bonds is 2. The summed E-state index contributed by atoms with van der Waals surface area (Å²) in [5.74, 6) is 0. The van der Waals surface area contributed by atoms with Crippen LogP contribution >= 0.6 is 22.7 Å². The number of benzene rings is 6. The van der Waals surface area contributed by atoms with E-state index in [1.807, 2.05) is 22.7 Å². The highest BCUT2D eigenvalue weighted by molar-refractivity contribution is 7.18. The van der Waals surface area contributed by atoms with Gasteiger partial charge in [0.2, 0.25) is 0 Å². The van der Waals surface area contributed by atoms with E-state index in [1.54, 1.807) is 0 Å². The lowest BCUT2D eigenvalue weighted by atomic mass is 9.87. The molecule has 0 amide bonds. The first kappa shape index (κ1) is 21.2. The summed E-state index contributed by atoms with van der Waals surface area (Å²) < 4.78 is 7.66. The van der Waals surface area contributed by atoms with Crippen LogP contribution in [0, 0.1) is 0 Å². The molecule has 0 saturated carbocycles. The fourth-order valence-corrected chi connectivity index (χ4v) is 8.86. The van der Waals surface area contributed by atoms with Crippen molar-refractivity contribution in [3.63, 3.8) is 0 Å². The summed E-state index contributed by atoms with van der Waals surface area (Å²) >= 11 is 3.64. The van der Waals surface area contributed by atoms with Crippen molar-refractivity contribution >= 4 is 86.5 Å². The minimum Gasteiger partial charge on any atom is -0.308 e. The Hall–Kier alpha value is -4.64. The van der Waals surface area contributed by atoms with Crippen LogP contribution < -0.4 is 0 Å². The zero-order valence-electron chi connectivity index (χ0n) is 21.3. The zero-order valence-corrected chi connectivity index (χ0v) is 22.9. The van der Waals surface area contributed by atoms with Crippen LogP contribution in [-0.2, 0) is 0 Å². The van der Waals surface area contributed by atoms with E-state index in [1.165, 1.54) is 86.3 Å². The van der Waals surface area contributed by atoms with E-state index in [4.69, 9.17) is 0 Å². The molecule has 0 radical (unpaired) electrons. The van der Waals surface area contributed by atoms with Gasteiger partial charge in [0.1, 0.15) is 0 Å². The monoisotopic (exact) mass is 544 g/mol. The van der Waals surface area contributed by atoms with E-state index < -0.39 is 0 Å². The van der Waals surface area contributed by atoms with Gasteiger partial charge in [-0.1, -0.05) is 72.8 Å². The second kappa shape index (κ2) is 7.51. The molecule has 6 aromatic carbocycles. The minimum absolute atomic E-state index is 1.25. The van der Waals surface area contributed by atoms with Gasteiger partial charge in [0, 0.05) is 52.8 Å². The third kappa shape index (κ3) is 2.54. The molecule has 2 nitrogen and oxygen atoms in total. The number of nitrogens with zero attached hydrogens (tertiary/aromatic N) is 2. The van der Waals surface area contributed by atoms with Crippen LogP contribution in [0.1, 0.15) is 0 Å². The Bertz CT molecular complexity index is 2370. The number of aromatic nitrogens is 2. The first-order chi connectivity index (χ1) is 19.9. The molecule has 0 atom stereocenters. The predicted molar refractivity (Wildman–Crippen MR) is 174 cm³/mol. The van der Waals surface area contributed by atoms with Gasteiger partial charge in [-0.2, -0.15) is 0 Å². The average molecular weight is 545 g/mol. The van der Waals surface area contributed by atoms with E-state index in [0.717, 1.165) is 0 Å². The molecule has 8 aromatic rings. The summed E-state index contributed by atoms with van der Waals surface area (Å²) in [6, 6.07) is 40.4. The molecule has 186 valence electrons. The van der Waals surface area contributed by atoms with E-state index in [0.29, 0.717) is 0 Å². The maximum Gasteiger partial charge on any atom is 0.0647 e. The molecular weight excluding hydrogens is 525 g/mol. The fourth-order valence-electron chi connectivity index (χ4n) is 7.00. The van der Waals surface area contributed by atoms with Crippen molar-refractivity contribution in [3.8, 4) is 22.5 Å². The maximum absolute atomic E-state index is 2.51. The Kier molecular flexibility index (Phi) is 3.98. The van der Waals surface area contributed by atoms with Crippen LogP contribution in [-0.4, -0.2) is 9.13 Å². The number of pyridine rings is 2. The molecule has 2 aromatic heterocycles. The SMILES string of the molecule is c1ccc2c(-n3c4ccc5cccc6c5c4-c4c5c(cccc53)ccc4n6-c3csc4ccccc34)csc2c1. The lowest BCUT2D eigenvalue weighted by Crippen LogP contribution is -2.09. The van der Waals surface area contributed by atoms with Gasteiger partial charge in [-0.3, -0.25) is 0 Å². The quantitative estimate of drug-likeness (QED) is 0.151. The summed E-state index contributed by atoms with van der Waals surface area (Å²) in [4.78, 5) is 0. The van der Waals surface area contributed by atoms with E-state index >= 15 is 0 Å². The topological polar surface area (TPSA) is 9.86 Å². The molecule has 40 heavy (non-hydrogen) atoms. The average Bonchev–Trinajstić information content (AvgIpc) is 3.63. The first-order valence-corrected chi connectivity index (χ1v) is 15.3. The third-order valence-corrected chi connectivity index (χ3v) is 10.5. The van der Waals surface area contributed by atoms with Gasteiger partial charge in [0.15, 0.2) is 0 Å². The van der Waals surface area contributed by atoms with Gasteiger partial charge in [-0.05, 0) is 47.2 Å². The molecule has 4 heterocycles. The van der Waals surface area contributed by atoms with Crippen LogP contribution in [0.5, 0.6) is 0 Å². The number of hydrogen-bond acceptors (Lipinski definition) is 2. The zero-order chi connectivity index (χ0) is 25.9. The highest BCUT2D eigenvalue weighted by Crippen LogP contribution is 2.50. The molecule has 2 aliphatic rings. The standard InChI is InChI=1S/C36H20N2S2/c1-3-13-31-23(9-1)29(19-39-31)37-25-11-5-7-21-16-18-28-36(33(21)25)35-27(37)17-15-22-8-6-12-26(34(22)35)38(28)30-20-40-32-14-4-2-10-24(30)32/h1-20H. The van der Waals surface area contributed by atoms with Gasteiger partial charge in [-0.15, -0.1) is 22.7 Å². The smallest absolute Gasteiger partial charge is 0.0647 e. The summed E-state index contributed by atoms with van der Waals surface area (Å²) in [7, 11) is 0. The molecule has 0 fully saturated rings. The predicted octanol–water partition coefficient (Wildman–Crippen LogP) is 10.9. The molecule has 0 unspecified atom stereocenters. The normalized spacial score (nSPS) is 12.5.